The molecular formula is C13H16BrMgNO2. The standard InChI is InChI=1S/C13H16NO2.BrH.Mg/c1-2-3-5-10-13(11-14(15)16)12-8-6-4-7-9-12;;/h2,4,6-9,11,13H,1,3,5,10H2;1H;/q-1;;+2/p-1. The number of hydrogen-bond donors (Lipinski definition) is 0. The maximum Gasteiger partial charge on any atom is 2.00 e. The molecule has 0 amide bonds. The summed E-state index contributed by atoms with van der Waals surface area (Å²) in [7, 11) is 0. The monoisotopic (exact) mass is 321 g/mol. The van der Waals surface area contributed by atoms with Crippen LogP contribution in [0, 0.1) is 10.4 Å². The van der Waals surface area contributed by atoms with E-state index < -0.39 is 0 Å². The van der Waals surface area contributed by atoms with E-state index in [-0.39, 0.29) is 50.9 Å². The summed E-state index contributed by atoms with van der Waals surface area (Å²) in [4.78, 5) is -0.356. The van der Waals surface area contributed by atoms with Crippen LogP contribution in [0.2, 0.25) is 0 Å². The molecule has 0 bridgehead atoms. The maximum atomic E-state index is 10.5. The van der Waals surface area contributed by atoms with Crippen LogP contribution < -0.4 is 17.0 Å². The average Bonchev–Trinajstić information content (AvgIpc) is 2.29. The second kappa shape index (κ2) is 11.6. The van der Waals surface area contributed by atoms with Gasteiger partial charge in [-0.15, -0.1) is 6.58 Å². The van der Waals surface area contributed by atoms with Gasteiger partial charge in [0, 0.05) is 0 Å². The van der Waals surface area contributed by atoms with Crippen LogP contribution >= 0.6 is 0 Å². The number of rotatable bonds is 6. The molecule has 0 aliphatic rings. The molecule has 0 N–H and O–H groups in total. The van der Waals surface area contributed by atoms with Crippen LogP contribution in [-0.2, 0) is 0 Å². The van der Waals surface area contributed by atoms with Gasteiger partial charge in [-0.2, -0.15) is 4.90 Å². The summed E-state index contributed by atoms with van der Waals surface area (Å²) < 4.78 is 0. The van der Waals surface area contributed by atoms with Crippen molar-refractivity contribution in [2.24, 2.45) is 0 Å². The molecule has 0 heterocycles. The third kappa shape index (κ3) is 7.74. The summed E-state index contributed by atoms with van der Waals surface area (Å²) in [5.41, 5.74) is 1.00. The Morgan fingerprint density at radius 3 is 2.33 bits per heavy atom. The van der Waals surface area contributed by atoms with Crippen molar-refractivity contribution in [3.63, 3.8) is 0 Å². The first-order valence-electron chi connectivity index (χ1n) is 5.38. The van der Waals surface area contributed by atoms with E-state index in [4.69, 9.17) is 0 Å². The molecule has 0 radical (unpaired) electrons. The van der Waals surface area contributed by atoms with Gasteiger partial charge in [0.25, 0.3) is 0 Å². The Morgan fingerprint density at radius 2 is 1.83 bits per heavy atom. The summed E-state index contributed by atoms with van der Waals surface area (Å²) in [5.74, 6) is -0.101. The van der Waals surface area contributed by atoms with Gasteiger partial charge < -0.3 is 27.4 Å². The van der Waals surface area contributed by atoms with Gasteiger partial charge in [0.1, 0.15) is 0 Å². The maximum absolute atomic E-state index is 10.5. The first-order chi connectivity index (χ1) is 7.74. The van der Waals surface area contributed by atoms with Crippen molar-refractivity contribution in [1.82, 2.24) is 0 Å². The molecule has 18 heavy (non-hydrogen) atoms. The number of unbranched alkanes of at least 4 members (excludes halogenated alkanes) is 1. The molecule has 0 aliphatic heterocycles. The summed E-state index contributed by atoms with van der Waals surface area (Å²) in [6.45, 7) is 3.65. The van der Waals surface area contributed by atoms with Crippen LogP contribution in [0.1, 0.15) is 30.7 Å². The zero-order valence-corrected chi connectivity index (χ0v) is 13.3. The van der Waals surface area contributed by atoms with Crippen LogP contribution in [0.3, 0.4) is 0 Å². The molecular weight excluding hydrogens is 306 g/mol. The molecule has 0 saturated heterocycles. The van der Waals surface area contributed by atoms with Crippen molar-refractivity contribution in [3.8, 4) is 0 Å². The normalized spacial score (nSPS) is 10.4. The van der Waals surface area contributed by atoms with Crippen molar-refractivity contribution in [1.29, 1.82) is 0 Å². The molecule has 0 aromatic heterocycles. The molecule has 94 valence electrons. The topological polar surface area (TPSA) is 49.1 Å². The number of benzene rings is 1. The summed E-state index contributed by atoms with van der Waals surface area (Å²) >= 11 is 0. The smallest absolute Gasteiger partial charge is 1.00 e. The van der Waals surface area contributed by atoms with E-state index in [2.05, 4.69) is 6.58 Å². The number of nitrogens with zero attached hydrogens (tertiary/aromatic N) is 1. The molecule has 1 aromatic rings. The molecule has 1 rings (SSSR count). The third-order valence-corrected chi connectivity index (χ3v) is 2.45. The second-order valence-electron chi connectivity index (χ2n) is 3.67. The van der Waals surface area contributed by atoms with Gasteiger partial charge in [0.2, 0.25) is 0 Å². The van der Waals surface area contributed by atoms with Crippen molar-refractivity contribution in [2.45, 2.75) is 25.2 Å². The van der Waals surface area contributed by atoms with Gasteiger partial charge in [-0.05, 0) is 24.8 Å². The molecule has 0 saturated carbocycles. The molecule has 0 aliphatic carbocycles. The Balaban J connectivity index is 0. The van der Waals surface area contributed by atoms with Gasteiger partial charge in [-0.25, -0.2) is 0 Å². The van der Waals surface area contributed by atoms with Crippen LogP contribution in [0.5, 0.6) is 0 Å². The summed E-state index contributed by atoms with van der Waals surface area (Å²) in [6.07, 6.45) is 5.63. The van der Waals surface area contributed by atoms with E-state index in [9.17, 15) is 10.4 Å². The number of halogens is 1. The van der Waals surface area contributed by atoms with Crippen molar-refractivity contribution >= 4 is 29.3 Å². The third-order valence-electron chi connectivity index (χ3n) is 2.45. The van der Waals surface area contributed by atoms with Gasteiger partial charge in [0.05, 0.1) is 5.92 Å². The number of allylic oxidation sites excluding steroid dienone is 1. The Hall–Kier alpha value is -0.524. The SMILES string of the molecule is C=CCCCC(C=[N+]([O-])[O-])c1ccccc1.[Br-].[Mg+2]. The fraction of sp³-hybridized carbons (Fsp3) is 0.308. The first-order valence-corrected chi connectivity index (χ1v) is 5.38. The molecule has 3 nitrogen and oxygen atoms in total. The Morgan fingerprint density at radius 1 is 1.22 bits per heavy atom. The Kier molecular flexibility index (Phi) is 12.7. The van der Waals surface area contributed by atoms with E-state index in [1.165, 1.54) is 6.21 Å². The van der Waals surface area contributed by atoms with Gasteiger partial charge >= 0.3 is 23.1 Å². The van der Waals surface area contributed by atoms with Crippen LogP contribution in [0.4, 0.5) is 0 Å². The van der Waals surface area contributed by atoms with Crippen molar-refractivity contribution < 1.29 is 21.9 Å². The Bertz CT molecular complexity index is 353. The van der Waals surface area contributed by atoms with Crippen molar-refractivity contribution in [2.75, 3.05) is 0 Å². The summed E-state index contributed by atoms with van der Waals surface area (Å²) in [6, 6.07) is 9.58. The molecule has 1 atom stereocenters. The minimum atomic E-state index is -0.356. The van der Waals surface area contributed by atoms with E-state index in [0.717, 1.165) is 24.8 Å². The fourth-order valence-electron chi connectivity index (χ4n) is 1.66. The van der Waals surface area contributed by atoms with Gasteiger partial charge in [-0.1, -0.05) is 36.4 Å². The van der Waals surface area contributed by atoms with Crippen LogP contribution in [0.25, 0.3) is 0 Å². The van der Waals surface area contributed by atoms with E-state index >= 15 is 0 Å². The average molecular weight is 322 g/mol. The summed E-state index contributed by atoms with van der Waals surface area (Å²) in [5, 5.41) is 21.1. The quantitative estimate of drug-likeness (QED) is 0.182. The van der Waals surface area contributed by atoms with Crippen molar-refractivity contribution in [3.05, 3.63) is 59.0 Å². The van der Waals surface area contributed by atoms with Crippen LogP contribution in [0.15, 0.2) is 43.0 Å². The minimum absolute atomic E-state index is 0. The molecule has 5 heteroatoms. The molecule has 1 unspecified atom stereocenters. The second-order valence-corrected chi connectivity index (χ2v) is 3.67. The van der Waals surface area contributed by atoms with E-state index in [1.807, 2.05) is 36.4 Å². The zero-order chi connectivity index (χ0) is 11.8. The molecule has 0 spiro atoms. The molecule has 0 fully saturated rings. The van der Waals surface area contributed by atoms with Gasteiger partial charge in [0.15, 0.2) is 6.21 Å². The predicted molar refractivity (Wildman–Crippen MR) is 72.0 cm³/mol. The predicted octanol–water partition coefficient (Wildman–Crippen LogP) is -0.171. The molecule has 1 aromatic carbocycles. The van der Waals surface area contributed by atoms with E-state index in [0.29, 0.717) is 0 Å². The fourth-order valence-corrected chi connectivity index (χ4v) is 1.66. The zero-order valence-electron chi connectivity index (χ0n) is 10.3. The van der Waals surface area contributed by atoms with E-state index in [1.54, 1.807) is 0 Å². The number of hydrogen-bond acceptors (Lipinski definition) is 2. The first kappa shape index (κ1) is 19.8. The Labute approximate surface area is 135 Å². The van der Waals surface area contributed by atoms with Gasteiger partial charge in [-0.3, -0.25) is 0 Å². The largest absolute Gasteiger partial charge is 2.00 e. The van der Waals surface area contributed by atoms with Crippen LogP contribution in [-0.4, -0.2) is 34.2 Å². The minimum Gasteiger partial charge on any atom is -1.00 e.